The summed E-state index contributed by atoms with van der Waals surface area (Å²) < 4.78 is 2.23. The van der Waals surface area contributed by atoms with Gasteiger partial charge in [0.05, 0.1) is 0 Å². The third-order valence-electron chi connectivity index (χ3n) is 5.37. The Balaban J connectivity index is 1.36. The van der Waals surface area contributed by atoms with Crippen molar-refractivity contribution < 1.29 is 4.79 Å². The summed E-state index contributed by atoms with van der Waals surface area (Å²) in [6, 6.07) is 15.9. The van der Waals surface area contributed by atoms with Crippen LogP contribution in [0.5, 0.6) is 0 Å². The number of carbonyl (C=O) groups excluding carboxylic acids is 1. The quantitative estimate of drug-likeness (QED) is 0.591. The molecule has 1 aliphatic rings. The van der Waals surface area contributed by atoms with Crippen molar-refractivity contribution in [1.29, 1.82) is 0 Å². The van der Waals surface area contributed by atoms with Gasteiger partial charge in [-0.1, -0.05) is 12.2 Å². The van der Waals surface area contributed by atoms with Gasteiger partial charge in [-0.25, -0.2) is 4.79 Å². The molecule has 1 aromatic heterocycles. The number of carbonyl (C=O) groups is 1. The third kappa shape index (κ3) is 4.83. The smallest absolute Gasteiger partial charge is 0.323 e. The molecule has 0 saturated heterocycles. The Morgan fingerprint density at radius 3 is 2.50 bits per heavy atom. The van der Waals surface area contributed by atoms with Gasteiger partial charge in [-0.2, -0.15) is 0 Å². The summed E-state index contributed by atoms with van der Waals surface area (Å²) in [5.74, 6) is 0. The van der Waals surface area contributed by atoms with Crippen molar-refractivity contribution in [3.05, 3.63) is 66.9 Å². The molecular weight excluding hydrogens is 374 g/mol. The SMILES string of the molecule is CN(C)CCn1ccc2cc(NC(=O)Nc3ccc(N4CC=CCC4)cc3)ccc21. The fraction of sp³-hybridized carbons (Fsp3) is 0.292. The Labute approximate surface area is 177 Å². The molecule has 2 aromatic carbocycles. The topological polar surface area (TPSA) is 52.5 Å². The predicted molar refractivity (Wildman–Crippen MR) is 126 cm³/mol. The number of urea groups is 1. The molecule has 0 aliphatic carbocycles. The zero-order valence-electron chi connectivity index (χ0n) is 17.6. The highest BCUT2D eigenvalue weighted by Crippen LogP contribution is 2.22. The number of fused-ring (bicyclic) bond motifs is 1. The normalized spacial score (nSPS) is 13.8. The largest absolute Gasteiger partial charge is 0.367 e. The van der Waals surface area contributed by atoms with E-state index in [0.29, 0.717) is 0 Å². The van der Waals surface area contributed by atoms with Crippen molar-refractivity contribution in [3.8, 4) is 0 Å². The van der Waals surface area contributed by atoms with Gasteiger partial charge in [0.25, 0.3) is 0 Å². The first-order chi connectivity index (χ1) is 14.6. The lowest BCUT2D eigenvalue weighted by Gasteiger charge is -2.25. The van der Waals surface area contributed by atoms with Gasteiger partial charge in [0.15, 0.2) is 0 Å². The number of rotatable bonds is 6. The van der Waals surface area contributed by atoms with Gasteiger partial charge in [-0.05, 0) is 69.0 Å². The number of likely N-dealkylation sites (N-methyl/N-ethyl adjacent to an activating group) is 1. The van der Waals surface area contributed by atoms with Crippen LogP contribution in [-0.4, -0.2) is 49.2 Å². The van der Waals surface area contributed by atoms with Gasteiger partial charge in [0.2, 0.25) is 0 Å². The molecule has 2 amide bonds. The fourth-order valence-electron chi connectivity index (χ4n) is 3.71. The number of amides is 2. The lowest BCUT2D eigenvalue weighted by atomic mass is 10.2. The summed E-state index contributed by atoms with van der Waals surface area (Å²) in [7, 11) is 4.15. The van der Waals surface area contributed by atoms with E-state index in [1.165, 1.54) is 11.2 Å². The minimum absolute atomic E-state index is 0.241. The Morgan fingerprint density at radius 1 is 1.00 bits per heavy atom. The van der Waals surface area contributed by atoms with Crippen molar-refractivity contribution in [1.82, 2.24) is 9.47 Å². The van der Waals surface area contributed by atoms with Gasteiger partial charge in [-0.3, -0.25) is 0 Å². The summed E-state index contributed by atoms with van der Waals surface area (Å²) >= 11 is 0. The first-order valence-electron chi connectivity index (χ1n) is 10.4. The zero-order valence-corrected chi connectivity index (χ0v) is 17.6. The number of hydrogen-bond acceptors (Lipinski definition) is 3. The van der Waals surface area contributed by atoms with E-state index in [2.05, 4.69) is 81.7 Å². The van der Waals surface area contributed by atoms with Crippen LogP contribution < -0.4 is 15.5 Å². The molecule has 0 saturated carbocycles. The van der Waals surface area contributed by atoms with Crippen molar-refractivity contribution >= 4 is 34.0 Å². The lowest BCUT2D eigenvalue weighted by Crippen LogP contribution is -2.26. The first kappa shape index (κ1) is 20.0. The molecule has 0 radical (unpaired) electrons. The molecule has 6 heteroatoms. The number of nitrogens with zero attached hydrogens (tertiary/aromatic N) is 3. The van der Waals surface area contributed by atoms with E-state index < -0.39 is 0 Å². The van der Waals surface area contributed by atoms with E-state index in [9.17, 15) is 4.79 Å². The van der Waals surface area contributed by atoms with Gasteiger partial charge in [0, 0.05) is 60.3 Å². The molecule has 30 heavy (non-hydrogen) atoms. The highest BCUT2D eigenvalue weighted by Gasteiger charge is 2.09. The number of nitrogens with one attached hydrogen (secondary N) is 2. The van der Waals surface area contributed by atoms with Crippen molar-refractivity contribution in [2.45, 2.75) is 13.0 Å². The van der Waals surface area contributed by atoms with Crippen molar-refractivity contribution in [3.63, 3.8) is 0 Å². The molecule has 0 fully saturated rings. The Kier molecular flexibility index (Phi) is 6.05. The summed E-state index contributed by atoms with van der Waals surface area (Å²) in [6.45, 7) is 3.89. The molecule has 2 heterocycles. The summed E-state index contributed by atoms with van der Waals surface area (Å²) in [6.07, 6.45) is 7.58. The van der Waals surface area contributed by atoms with Crippen LogP contribution in [0.2, 0.25) is 0 Å². The molecule has 0 bridgehead atoms. The van der Waals surface area contributed by atoms with Gasteiger partial charge in [0.1, 0.15) is 0 Å². The first-order valence-corrected chi connectivity index (χ1v) is 10.4. The molecule has 3 aromatic rings. The second-order valence-electron chi connectivity index (χ2n) is 7.92. The van der Waals surface area contributed by atoms with Crippen molar-refractivity contribution in [2.75, 3.05) is 49.3 Å². The molecule has 6 nitrogen and oxygen atoms in total. The summed E-state index contributed by atoms with van der Waals surface area (Å²) in [5, 5.41) is 6.96. The monoisotopic (exact) mass is 403 g/mol. The molecule has 0 unspecified atom stereocenters. The maximum absolute atomic E-state index is 12.4. The Hall–Kier alpha value is -3.25. The van der Waals surface area contributed by atoms with Crippen LogP contribution in [0, 0.1) is 0 Å². The van der Waals surface area contributed by atoms with Gasteiger partial charge >= 0.3 is 6.03 Å². The van der Waals surface area contributed by atoms with Crippen LogP contribution in [-0.2, 0) is 6.54 Å². The van der Waals surface area contributed by atoms with Crippen LogP contribution >= 0.6 is 0 Å². The number of anilines is 3. The van der Waals surface area contributed by atoms with E-state index in [1.807, 2.05) is 24.3 Å². The molecule has 2 N–H and O–H groups in total. The van der Waals surface area contributed by atoms with Crippen LogP contribution in [0.15, 0.2) is 66.9 Å². The summed E-state index contributed by atoms with van der Waals surface area (Å²) in [4.78, 5) is 16.9. The zero-order chi connectivity index (χ0) is 20.9. The Bertz CT molecular complexity index is 1040. The number of aromatic nitrogens is 1. The molecule has 0 atom stereocenters. The highest BCUT2D eigenvalue weighted by molar-refractivity contribution is 6.01. The predicted octanol–water partition coefficient (Wildman–Crippen LogP) is 4.61. The molecular formula is C24H29N5O. The van der Waals surface area contributed by atoms with E-state index in [0.717, 1.165) is 49.4 Å². The van der Waals surface area contributed by atoms with Crippen LogP contribution in [0.3, 0.4) is 0 Å². The standard InChI is InChI=1S/C24H29N5O/c1-27(2)16-17-29-15-12-19-18-21(8-11-23(19)29)26-24(30)25-20-6-9-22(10-7-20)28-13-4-3-5-14-28/h3-4,6-12,15,18H,5,13-14,16-17H2,1-2H3,(H2,25,26,30). The van der Waals surface area contributed by atoms with Crippen LogP contribution in [0.25, 0.3) is 10.9 Å². The minimum atomic E-state index is -0.241. The molecule has 0 spiro atoms. The number of benzene rings is 2. The molecule has 156 valence electrons. The van der Waals surface area contributed by atoms with E-state index in [1.54, 1.807) is 0 Å². The maximum atomic E-state index is 12.4. The second kappa shape index (κ2) is 9.05. The fourth-order valence-corrected chi connectivity index (χ4v) is 3.71. The van der Waals surface area contributed by atoms with Crippen LogP contribution in [0.4, 0.5) is 21.9 Å². The third-order valence-corrected chi connectivity index (χ3v) is 5.37. The molecule has 4 rings (SSSR count). The second-order valence-corrected chi connectivity index (χ2v) is 7.92. The maximum Gasteiger partial charge on any atom is 0.323 e. The van der Waals surface area contributed by atoms with E-state index in [4.69, 9.17) is 0 Å². The average Bonchev–Trinajstić information content (AvgIpc) is 3.15. The van der Waals surface area contributed by atoms with E-state index >= 15 is 0 Å². The van der Waals surface area contributed by atoms with Gasteiger partial charge < -0.3 is 25.0 Å². The minimum Gasteiger partial charge on any atom is -0.367 e. The number of hydrogen-bond donors (Lipinski definition) is 2. The lowest BCUT2D eigenvalue weighted by molar-refractivity contribution is 0.262. The highest BCUT2D eigenvalue weighted by atomic mass is 16.2. The molecule has 1 aliphatic heterocycles. The Morgan fingerprint density at radius 2 is 1.77 bits per heavy atom. The van der Waals surface area contributed by atoms with Crippen molar-refractivity contribution in [2.24, 2.45) is 0 Å². The van der Waals surface area contributed by atoms with Gasteiger partial charge in [-0.15, -0.1) is 0 Å². The average molecular weight is 404 g/mol. The van der Waals surface area contributed by atoms with Crippen LogP contribution in [0.1, 0.15) is 6.42 Å². The summed E-state index contributed by atoms with van der Waals surface area (Å²) in [5.41, 5.74) is 3.90. The van der Waals surface area contributed by atoms with E-state index in [-0.39, 0.29) is 6.03 Å².